The maximum atomic E-state index is 12.7. The van der Waals surface area contributed by atoms with Gasteiger partial charge in [-0.15, -0.1) is 0 Å². The average Bonchev–Trinajstić information content (AvgIpc) is 2.11. The smallest absolute Gasteiger partial charge is 0.407 e. The molecule has 0 bridgehead atoms. The summed E-state index contributed by atoms with van der Waals surface area (Å²) in [5.41, 5.74) is 0.245. The van der Waals surface area contributed by atoms with Crippen LogP contribution < -0.4 is 0 Å². The van der Waals surface area contributed by atoms with E-state index in [0.29, 0.717) is 0 Å². The number of amides is 1. The van der Waals surface area contributed by atoms with Crippen LogP contribution in [0.15, 0.2) is 18.2 Å². The molecule has 76 valence electrons. The molecule has 0 aliphatic heterocycles. The van der Waals surface area contributed by atoms with Gasteiger partial charge in [-0.25, -0.2) is 9.18 Å². The summed E-state index contributed by atoms with van der Waals surface area (Å²) in [4.78, 5) is 11.4. The van der Waals surface area contributed by atoms with Gasteiger partial charge in [0.25, 0.3) is 0 Å². The van der Waals surface area contributed by atoms with Crippen molar-refractivity contribution in [3.8, 4) is 5.75 Å². The molecule has 0 unspecified atom stereocenters. The third-order valence-electron chi connectivity index (χ3n) is 1.78. The molecule has 1 aromatic rings. The first-order chi connectivity index (χ1) is 6.50. The van der Waals surface area contributed by atoms with Crippen molar-refractivity contribution in [1.29, 1.82) is 0 Å². The Morgan fingerprint density at radius 3 is 2.79 bits per heavy atom. The molecule has 0 aromatic heterocycles. The largest absolute Gasteiger partial charge is 0.508 e. The number of aromatic hydroxyl groups is 1. The Balaban J connectivity index is 2.85. The predicted molar refractivity (Wildman–Crippen MR) is 47.6 cm³/mol. The molecule has 0 saturated heterocycles. The van der Waals surface area contributed by atoms with E-state index in [1.807, 2.05) is 0 Å². The van der Waals surface area contributed by atoms with Gasteiger partial charge in [0.05, 0.1) is 6.54 Å². The number of phenolic OH excluding ortho intramolecular Hbond substituents is 1. The number of hydrogen-bond donors (Lipinski definition) is 2. The molecule has 14 heavy (non-hydrogen) atoms. The van der Waals surface area contributed by atoms with Crippen molar-refractivity contribution in [3.05, 3.63) is 29.6 Å². The maximum absolute atomic E-state index is 12.7. The maximum Gasteiger partial charge on any atom is 0.407 e. The highest BCUT2D eigenvalue weighted by Gasteiger charge is 2.09. The highest BCUT2D eigenvalue weighted by atomic mass is 19.1. The third-order valence-corrected chi connectivity index (χ3v) is 1.78. The Labute approximate surface area is 80.2 Å². The van der Waals surface area contributed by atoms with E-state index in [-0.39, 0.29) is 17.9 Å². The number of rotatable bonds is 2. The summed E-state index contributed by atoms with van der Waals surface area (Å²) in [6.07, 6.45) is -1.13. The van der Waals surface area contributed by atoms with Gasteiger partial charge in [0, 0.05) is 12.6 Å². The number of carbonyl (C=O) groups is 1. The second-order valence-corrected chi connectivity index (χ2v) is 2.91. The quantitative estimate of drug-likeness (QED) is 0.761. The Morgan fingerprint density at radius 2 is 2.21 bits per heavy atom. The van der Waals surface area contributed by atoms with Crippen molar-refractivity contribution < 1.29 is 19.4 Å². The van der Waals surface area contributed by atoms with Crippen LogP contribution in [0.2, 0.25) is 0 Å². The summed E-state index contributed by atoms with van der Waals surface area (Å²) in [6.45, 7) is -0.0427. The standard InChI is InChI=1S/C9H10FNO3/c1-11(9(13)14)5-6-4-7(10)2-3-8(6)12/h2-4,12H,5H2,1H3,(H,13,14). The molecule has 1 amide bonds. The van der Waals surface area contributed by atoms with Crippen LogP contribution in [0.3, 0.4) is 0 Å². The van der Waals surface area contributed by atoms with Gasteiger partial charge in [0.1, 0.15) is 11.6 Å². The molecule has 1 aromatic carbocycles. The third kappa shape index (κ3) is 2.35. The summed E-state index contributed by atoms with van der Waals surface area (Å²) < 4.78 is 12.7. The molecular formula is C9H10FNO3. The van der Waals surface area contributed by atoms with Gasteiger partial charge in [-0.3, -0.25) is 0 Å². The number of hydrogen-bond acceptors (Lipinski definition) is 2. The van der Waals surface area contributed by atoms with E-state index in [9.17, 15) is 14.3 Å². The predicted octanol–water partition coefficient (Wildman–Crippen LogP) is 1.64. The minimum absolute atomic E-state index is 0.0427. The van der Waals surface area contributed by atoms with Crippen molar-refractivity contribution in [3.63, 3.8) is 0 Å². The lowest BCUT2D eigenvalue weighted by Crippen LogP contribution is -2.23. The number of nitrogens with zero attached hydrogens (tertiary/aromatic N) is 1. The van der Waals surface area contributed by atoms with Crippen LogP contribution in [0.25, 0.3) is 0 Å². The fraction of sp³-hybridized carbons (Fsp3) is 0.222. The van der Waals surface area contributed by atoms with Crippen LogP contribution in [-0.4, -0.2) is 28.3 Å². The van der Waals surface area contributed by atoms with E-state index in [1.165, 1.54) is 13.1 Å². The molecule has 0 aliphatic carbocycles. The first-order valence-corrected chi connectivity index (χ1v) is 3.92. The topological polar surface area (TPSA) is 60.8 Å². The van der Waals surface area contributed by atoms with Crippen molar-refractivity contribution in [2.75, 3.05) is 7.05 Å². The van der Waals surface area contributed by atoms with Crippen LogP contribution in [0.4, 0.5) is 9.18 Å². The second-order valence-electron chi connectivity index (χ2n) is 2.91. The van der Waals surface area contributed by atoms with Gasteiger partial charge in [-0.05, 0) is 18.2 Å². The fourth-order valence-corrected chi connectivity index (χ4v) is 1.00. The molecule has 4 nitrogen and oxygen atoms in total. The Kier molecular flexibility index (Phi) is 2.91. The van der Waals surface area contributed by atoms with E-state index in [0.717, 1.165) is 17.0 Å². The monoisotopic (exact) mass is 199 g/mol. The van der Waals surface area contributed by atoms with E-state index in [1.54, 1.807) is 0 Å². The zero-order valence-corrected chi connectivity index (χ0v) is 7.57. The van der Waals surface area contributed by atoms with Crippen molar-refractivity contribution >= 4 is 6.09 Å². The molecule has 0 spiro atoms. The summed E-state index contributed by atoms with van der Waals surface area (Å²) in [5, 5.41) is 17.8. The van der Waals surface area contributed by atoms with Gasteiger partial charge in [-0.2, -0.15) is 0 Å². The van der Waals surface area contributed by atoms with Crippen LogP contribution in [0, 0.1) is 5.82 Å². The first kappa shape index (κ1) is 10.3. The van der Waals surface area contributed by atoms with E-state index < -0.39 is 11.9 Å². The zero-order valence-electron chi connectivity index (χ0n) is 7.57. The number of carboxylic acid groups (broad SMARTS) is 1. The second kappa shape index (κ2) is 3.95. The molecule has 1 rings (SSSR count). The molecule has 0 aliphatic rings. The van der Waals surface area contributed by atoms with Crippen molar-refractivity contribution in [1.82, 2.24) is 4.90 Å². The molecule has 0 fully saturated rings. The summed E-state index contributed by atoms with van der Waals surface area (Å²) in [7, 11) is 1.34. The number of benzene rings is 1. The highest BCUT2D eigenvalue weighted by molar-refractivity contribution is 5.64. The van der Waals surface area contributed by atoms with E-state index >= 15 is 0 Å². The van der Waals surface area contributed by atoms with Gasteiger partial charge in [0.2, 0.25) is 0 Å². The normalized spacial score (nSPS) is 9.86. The Morgan fingerprint density at radius 1 is 1.57 bits per heavy atom. The van der Waals surface area contributed by atoms with Crippen LogP contribution in [0.1, 0.15) is 5.56 Å². The lowest BCUT2D eigenvalue weighted by molar-refractivity contribution is 0.153. The minimum atomic E-state index is -1.13. The van der Waals surface area contributed by atoms with Gasteiger partial charge in [0.15, 0.2) is 0 Å². The molecule has 0 radical (unpaired) electrons. The average molecular weight is 199 g/mol. The molecule has 0 heterocycles. The molecule has 2 N–H and O–H groups in total. The highest BCUT2D eigenvalue weighted by Crippen LogP contribution is 2.19. The summed E-state index contributed by atoms with van der Waals surface area (Å²) >= 11 is 0. The van der Waals surface area contributed by atoms with Gasteiger partial charge in [-0.1, -0.05) is 0 Å². The molecule has 0 saturated carbocycles. The van der Waals surface area contributed by atoms with Gasteiger partial charge < -0.3 is 15.1 Å². The summed E-state index contributed by atoms with van der Waals surface area (Å²) in [5.74, 6) is -0.615. The van der Waals surface area contributed by atoms with E-state index in [2.05, 4.69) is 0 Å². The minimum Gasteiger partial charge on any atom is -0.508 e. The van der Waals surface area contributed by atoms with Crippen LogP contribution in [-0.2, 0) is 6.54 Å². The van der Waals surface area contributed by atoms with Crippen molar-refractivity contribution in [2.24, 2.45) is 0 Å². The molecule has 0 atom stereocenters. The Hall–Kier alpha value is -1.78. The molecule has 5 heteroatoms. The van der Waals surface area contributed by atoms with E-state index in [4.69, 9.17) is 5.11 Å². The van der Waals surface area contributed by atoms with Crippen LogP contribution >= 0.6 is 0 Å². The first-order valence-electron chi connectivity index (χ1n) is 3.92. The van der Waals surface area contributed by atoms with Crippen LogP contribution in [0.5, 0.6) is 5.75 Å². The lowest BCUT2D eigenvalue weighted by atomic mass is 10.2. The zero-order chi connectivity index (χ0) is 10.7. The summed E-state index contributed by atoms with van der Waals surface area (Å²) in [6, 6.07) is 3.41. The number of halogens is 1. The fourth-order valence-electron chi connectivity index (χ4n) is 1.00. The van der Waals surface area contributed by atoms with Crippen molar-refractivity contribution in [2.45, 2.75) is 6.54 Å². The molecular weight excluding hydrogens is 189 g/mol. The SMILES string of the molecule is CN(Cc1cc(F)ccc1O)C(=O)O. The Bertz CT molecular complexity index is 354. The number of phenols is 1. The van der Waals surface area contributed by atoms with Gasteiger partial charge >= 0.3 is 6.09 Å². The lowest BCUT2D eigenvalue weighted by Gasteiger charge is -2.13.